The quantitative estimate of drug-likeness (QED) is 0.732. The predicted octanol–water partition coefficient (Wildman–Crippen LogP) is 0.959. The number of rotatable bonds is 2. The van der Waals surface area contributed by atoms with Crippen molar-refractivity contribution < 1.29 is 9.90 Å². The normalized spacial score (nSPS) is 14.9. The van der Waals surface area contributed by atoms with E-state index in [1.807, 2.05) is 12.1 Å². The van der Waals surface area contributed by atoms with Crippen LogP contribution in [0.5, 0.6) is 0 Å². The van der Waals surface area contributed by atoms with Gasteiger partial charge in [-0.2, -0.15) is 0 Å². The summed E-state index contributed by atoms with van der Waals surface area (Å²) in [5, 5.41) is 12.0. The lowest BCUT2D eigenvalue weighted by Crippen LogP contribution is -2.25. The molecule has 3 heteroatoms. The van der Waals surface area contributed by atoms with Gasteiger partial charge in [0, 0.05) is 6.54 Å². The molecule has 0 fully saturated rings. The highest BCUT2D eigenvalue weighted by atomic mass is 16.4. The van der Waals surface area contributed by atoms with Crippen molar-refractivity contribution in [3.63, 3.8) is 0 Å². The maximum Gasteiger partial charge on any atom is 0.307 e. The van der Waals surface area contributed by atoms with Gasteiger partial charge in [0.1, 0.15) is 0 Å². The van der Waals surface area contributed by atoms with E-state index in [0.717, 1.165) is 25.1 Å². The first-order valence-electron chi connectivity index (χ1n) is 4.79. The minimum Gasteiger partial charge on any atom is -0.481 e. The Bertz CT molecular complexity index is 360. The van der Waals surface area contributed by atoms with Crippen LogP contribution in [0.25, 0.3) is 0 Å². The second-order valence-electron chi connectivity index (χ2n) is 3.55. The molecule has 1 aliphatic rings. The molecule has 0 saturated heterocycles. The van der Waals surface area contributed by atoms with E-state index in [2.05, 4.69) is 11.4 Å². The van der Waals surface area contributed by atoms with Gasteiger partial charge in [-0.3, -0.25) is 4.79 Å². The van der Waals surface area contributed by atoms with Crippen molar-refractivity contribution in [2.24, 2.45) is 0 Å². The Hall–Kier alpha value is -1.35. The molecule has 1 aromatic carbocycles. The highest BCUT2D eigenvalue weighted by Gasteiger charge is 2.13. The molecule has 0 atom stereocenters. The Labute approximate surface area is 82.8 Å². The maximum absolute atomic E-state index is 10.6. The number of nitrogens with one attached hydrogen (secondary N) is 1. The Balaban J connectivity index is 2.35. The number of carbonyl (C=O) groups is 1. The third kappa shape index (κ3) is 1.77. The topological polar surface area (TPSA) is 49.3 Å². The minimum atomic E-state index is -0.753. The molecule has 0 amide bonds. The van der Waals surface area contributed by atoms with E-state index in [1.165, 1.54) is 11.1 Å². The number of aliphatic carboxylic acids is 1. The number of benzene rings is 1. The lowest BCUT2D eigenvalue weighted by atomic mass is 9.94. The molecule has 0 unspecified atom stereocenters. The summed E-state index contributed by atoms with van der Waals surface area (Å²) in [4.78, 5) is 10.6. The molecule has 0 aromatic heterocycles. The lowest BCUT2D eigenvalue weighted by molar-refractivity contribution is -0.136. The second kappa shape index (κ2) is 3.80. The standard InChI is InChI=1S/C11H13NO2/c13-11(14)6-8-2-1-3-9-7-12-5-4-10(8)9/h1-3,12H,4-7H2,(H,13,14). The van der Waals surface area contributed by atoms with E-state index in [-0.39, 0.29) is 6.42 Å². The Morgan fingerprint density at radius 1 is 1.50 bits per heavy atom. The van der Waals surface area contributed by atoms with Crippen LogP contribution in [0.1, 0.15) is 16.7 Å². The first kappa shape index (κ1) is 9.21. The van der Waals surface area contributed by atoms with Crippen LogP contribution in [0.3, 0.4) is 0 Å². The zero-order valence-corrected chi connectivity index (χ0v) is 7.92. The van der Waals surface area contributed by atoms with Crippen molar-refractivity contribution in [2.75, 3.05) is 6.54 Å². The van der Waals surface area contributed by atoms with E-state index in [9.17, 15) is 4.79 Å². The summed E-state index contributed by atoms with van der Waals surface area (Å²) in [6, 6.07) is 5.91. The zero-order chi connectivity index (χ0) is 9.97. The average molecular weight is 191 g/mol. The third-order valence-electron chi connectivity index (χ3n) is 2.58. The first-order chi connectivity index (χ1) is 6.77. The molecule has 1 heterocycles. The summed E-state index contributed by atoms with van der Waals surface area (Å²) in [5.41, 5.74) is 3.44. The number of carboxylic acid groups (broad SMARTS) is 1. The minimum absolute atomic E-state index is 0.142. The van der Waals surface area contributed by atoms with Gasteiger partial charge in [0.15, 0.2) is 0 Å². The van der Waals surface area contributed by atoms with Crippen molar-refractivity contribution in [1.29, 1.82) is 0 Å². The van der Waals surface area contributed by atoms with Gasteiger partial charge in [0.25, 0.3) is 0 Å². The molecule has 1 aromatic rings. The van der Waals surface area contributed by atoms with E-state index in [0.29, 0.717) is 0 Å². The zero-order valence-electron chi connectivity index (χ0n) is 7.92. The van der Waals surface area contributed by atoms with Gasteiger partial charge in [-0.25, -0.2) is 0 Å². The van der Waals surface area contributed by atoms with Crippen molar-refractivity contribution >= 4 is 5.97 Å². The molecule has 2 rings (SSSR count). The molecule has 3 nitrogen and oxygen atoms in total. The summed E-state index contributed by atoms with van der Waals surface area (Å²) in [6.45, 7) is 1.81. The molecule has 0 bridgehead atoms. The fourth-order valence-electron chi connectivity index (χ4n) is 1.94. The second-order valence-corrected chi connectivity index (χ2v) is 3.55. The van der Waals surface area contributed by atoms with Gasteiger partial charge in [-0.1, -0.05) is 18.2 Å². The highest BCUT2D eigenvalue weighted by Crippen LogP contribution is 2.18. The molecule has 0 saturated carbocycles. The number of fused-ring (bicyclic) bond motifs is 1. The van der Waals surface area contributed by atoms with Crippen LogP contribution in [-0.4, -0.2) is 17.6 Å². The Kier molecular flexibility index (Phi) is 2.50. The molecule has 0 aliphatic carbocycles. The van der Waals surface area contributed by atoms with Crippen LogP contribution in [0.2, 0.25) is 0 Å². The molecule has 2 N–H and O–H groups in total. The smallest absolute Gasteiger partial charge is 0.307 e. The van der Waals surface area contributed by atoms with Crippen molar-refractivity contribution in [3.8, 4) is 0 Å². The fourth-order valence-corrected chi connectivity index (χ4v) is 1.94. The van der Waals surface area contributed by atoms with E-state index in [4.69, 9.17) is 5.11 Å². The number of carboxylic acids is 1. The van der Waals surface area contributed by atoms with Crippen LogP contribution in [-0.2, 0) is 24.2 Å². The van der Waals surface area contributed by atoms with Gasteiger partial charge in [-0.15, -0.1) is 0 Å². The van der Waals surface area contributed by atoms with E-state index >= 15 is 0 Å². The number of hydrogen-bond donors (Lipinski definition) is 2. The van der Waals surface area contributed by atoms with Gasteiger partial charge in [0.2, 0.25) is 0 Å². The van der Waals surface area contributed by atoms with Gasteiger partial charge in [-0.05, 0) is 29.7 Å². The first-order valence-corrected chi connectivity index (χ1v) is 4.79. The Morgan fingerprint density at radius 3 is 3.14 bits per heavy atom. The van der Waals surface area contributed by atoms with E-state index in [1.54, 1.807) is 0 Å². The maximum atomic E-state index is 10.6. The van der Waals surface area contributed by atoms with Crippen LogP contribution in [0, 0.1) is 0 Å². The molecule has 74 valence electrons. The van der Waals surface area contributed by atoms with Crippen LogP contribution < -0.4 is 5.32 Å². The lowest BCUT2D eigenvalue weighted by Gasteiger charge is -2.19. The van der Waals surface area contributed by atoms with Crippen molar-refractivity contribution in [1.82, 2.24) is 5.32 Å². The number of hydrogen-bond acceptors (Lipinski definition) is 2. The van der Waals surface area contributed by atoms with Gasteiger partial charge in [0.05, 0.1) is 6.42 Å². The highest BCUT2D eigenvalue weighted by molar-refractivity contribution is 5.71. The summed E-state index contributed by atoms with van der Waals surface area (Å²) < 4.78 is 0. The molecule has 0 spiro atoms. The van der Waals surface area contributed by atoms with Gasteiger partial charge < -0.3 is 10.4 Å². The van der Waals surface area contributed by atoms with E-state index < -0.39 is 5.97 Å². The van der Waals surface area contributed by atoms with Crippen molar-refractivity contribution in [2.45, 2.75) is 19.4 Å². The monoisotopic (exact) mass is 191 g/mol. The summed E-state index contributed by atoms with van der Waals surface area (Å²) >= 11 is 0. The van der Waals surface area contributed by atoms with Crippen LogP contribution in [0.15, 0.2) is 18.2 Å². The fraction of sp³-hybridized carbons (Fsp3) is 0.364. The third-order valence-corrected chi connectivity index (χ3v) is 2.58. The largest absolute Gasteiger partial charge is 0.481 e. The Morgan fingerprint density at radius 2 is 2.36 bits per heavy atom. The summed E-state index contributed by atoms with van der Waals surface area (Å²) in [5.74, 6) is -0.753. The summed E-state index contributed by atoms with van der Waals surface area (Å²) in [7, 11) is 0. The van der Waals surface area contributed by atoms with Gasteiger partial charge >= 0.3 is 5.97 Å². The summed E-state index contributed by atoms with van der Waals surface area (Å²) in [6.07, 6.45) is 1.09. The molecular weight excluding hydrogens is 178 g/mol. The van der Waals surface area contributed by atoms with Crippen LogP contribution >= 0.6 is 0 Å². The SMILES string of the molecule is O=C(O)Cc1cccc2c1CCNC2. The average Bonchev–Trinajstić information content (AvgIpc) is 2.18. The van der Waals surface area contributed by atoms with Crippen molar-refractivity contribution in [3.05, 3.63) is 34.9 Å². The molecule has 0 radical (unpaired) electrons. The predicted molar refractivity (Wildman–Crippen MR) is 53.2 cm³/mol. The molecule has 14 heavy (non-hydrogen) atoms. The van der Waals surface area contributed by atoms with Crippen LogP contribution in [0.4, 0.5) is 0 Å². The molecular formula is C11H13NO2. The molecule has 1 aliphatic heterocycles.